The maximum Gasteiger partial charge on any atom is 0.142 e. The van der Waals surface area contributed by atoms with Crippen LogP contribution in [-0.4, -0.2) is 67.8 Å². The molecule has 0 aliphatic carbocycles. The Hall–Kier alpha value is -2.50. The van der Waals surface area contributed by atoms with E-state index in [-0.39, 0.29) is 0 Å². The van der Waals surface area contributed by atoms with Crippen LogP contribution in [0.25, 0.3) is 10.9 Å². The van der Waals surface area contributed by atoms with Gasteiger partial charge in [0.05, 0.1) is 12.8 Å². The summed E-state index contributed by atoms with van der Waals surface area (Å²) in [5, 5.41) is 1.44. The van der Waals surface area contributed by atoms with Gasteiger partial charge in [0.1, 0.15) is 5.75 Å². The highest BCUT2D eigenvalue weighted by molar-refractivity contribution is 5.85. The highest BCUT2D eigenvalue weighted by Gasteiger charge is 2.23. The minimum absolute atomic E-state index is 0.973. The van der Waals surface area contributed by atoms with E-state index >= 15 is 0 Å². The fourth-order valence-electron chi connectivity index (χ4n) is 5.14. The van der Waals surface area contributed by atoms with Crippen molar-refractivity contribution in [3.05, 3.63) is 59.8 Å². The molecular weight excluding hydrogens is 372 g/mol. The SMILES string of the molecule is COc1ccccc1N1CCN(CCn2c3c(c4ccccc42)CN(C)CC3)CC1. The maximum absolute atomic E-state index is 5.56. The van der Waals surface area contributed by atoms with E-state index in [0.29, 0.717) is 0 Å². The molecule has 0 bridgehead atoms. The number of benzene rings is 2. The molecule has 2 aliphatic rings. The molecule has 0 saturated carbocycles. The van der Waals surface area contributed by atoms with Crippen LogP contribution in [0.3, 0.4) is 0 Å². The number of methoxy groups -OCH3 is 1. The van der Waals surface area contributed by atoms with Crippen molar-refractivity contribution in [1.82, 2.24) is 14.4 Å². The molecule has 0 N–H and O–H groups in total. The number of nitrogens with zero attached hydrogens (tertiary/aromatic N) is 4. The van der Waals surface area contributed by atoms with Gasteiger partial charge in [-0.2, -0.15) is 0 Å². The van der Waals surface area contributed by atoms with E-state index in [2.05, 4.69) is 68.8 Å². The van der Waals surface area contributed by atoms with Crippen molar-refractivity contribution < 1.29 is 4.74 Å². The fourth-order valence-corrected chi connectivity index (χ4v) is 5.14. The number of hydrogen-bond acceptors (Lipinski definition) is 4. The topological polar surface area (TPSA) is 23.9 Å². The fraction of sp³-hybridized carbons (Fsp3) is 0.440. The molecule has 0 atom stereocenters. The first kappa shape index (κ1) is 19.5. The zero-order valence-electron chi connectivity index (χ0n) is 18.2. The summed E-state index contributed by atoms with van der Waals surface area (Å²) in [6.07, 6.45) is 1.15. The van der Waals surface area contributed by atoms with Gasteiger partial charge in [-0.3, -0.25) is 4.90 Å². The van der Waals surface area contributed by atoms with Crippen molar-refractivity contribution >= 4 is 16.6 Å². The minimum Gasteiger partial charge on any atom is -0.495 e. The summed E-state index contributed by atoms with van der Waals surface area (Å²) < 4.78 is 8.16. The van der Waals surface area contributed by atoms with Crippen LogP contribution < -0.4 is 9.64 Å². The Morgan fingerprint density at radius 2 is 1.63 bits per heavy atom. The number of likely N-dealkylation sites (N-methyl/N-ethyl adjacent to an activating group) is 1. The Bertz CT molecular complexity index is 1020. The molecule has 5 rings (SSSR count). The van der Waals surface area contributed by atoms with Crippen LogP contribution in [0.5, 0.6) is 5.75 Å². The summed E-state index contributed by atoms with van der Waals surface area (Å²) in [6.45, 7) is 8.71. The zero-order chi connectivity index (χ0) is 20.5. The van der Waals surface area contributed by atoms with E-state index in [1.165, 1.54) is 16.6 Å². The van der Waals surface area contributed by atoms with Crippen molar-refractivity contribution in [1.29, 1.82) is 0 Å². The Kier molecular flexibility index (Phi) is 5.40. The molecule has 0 radical (unpaired) electrons. The van der Waals surface area contributed by atoms with Gasteiger partial charge in [0.2, 0.25) is 0 Å². The normalized spacial score (nSPS) is 18.0. The van der Waals surface area contributed by atoms with Gasteiger partial charge in [-0.25, -0.2) is 0 Å². The minimum atomic E-state index is 0.973. The van der Waals surface area contributed by atoms with Gasteiger partial charge in [-0.15, -0.1) is 0 Å². The predicted octanol–water partition coefficient (Wildman–Crippen LogP) is 3.46. The molecule has 1 saturated heterocycles. The lowest BCUT2D eigenvalue weighted by Crippen LogP contribution is -2.47. The number of rotatable bonds is 5. The summed E-state index contributed by atoms with van der Waals surface area (Å²) in [6, 6.07) is 17.3. The van der Waals surface area contributed by atoms with Crippen LogP contribution in [0.2, 0.25) is 0 Å². The molecule has 2 aromatic carbocycles. The van der Waals surface area contributed by atoms with Gasteiger partial charge in [0.15, 0.2) is 0 Å². The molecule has 5 nitrogen and oxygen atoms in total. The van der Waals surface area contributed by atoms with Gasteiger partial charge >= 0.3 is 0 Å². The van der Waals surface area contributed by atoms with E-state index in [4.69, 9.17) is 4.74 Å². The van der Waals surface area contributed by atoms with Gasteiger partial charge in [0.25, 0.3) is 0 Å². The van der Waals surface area contributed by atoms with Crippen molar-refractivity contribution in [2.24, 2.45) is 0 Å². The van der Waals surface area contributed by atoms with Crippen LogP contribution >= 0.6 is 0 Å². The lowest BCUT2D eigenvalue weighted by atomic mass is 10.1. The molecule has 0 amide bonds. The van der Waals surface area contributed by atoms with E-state index in [1.54, 1.807) is 18.4 Å². The standard InChI is InChI=1S/C25H32N4O/c1-26-12-11-23-21(19-26)20-7-3-4-8-22(20)29(23)18-15-27-13-16-28(17-14-27)24-9-5-6-10-25(24)30-2/h3-10H,11-19H2,1-2H3. The second-order valence-corrected chi connectivity index (χ2v) is 8.58. The Balaban J connectivity index is 1.27. The Morgan fingerprint density at radius 1 is 0.867 bits per heavy atom. The summed E-state index contributed by atoms with van der Waals surface area (Å²) in [4.78, 5) is 7.51. The maximum atomic E-state index is 5.56. The summed E-state index contributed by atoms with van der Waals surface area (Å²) in [5.41, 5.74) is 5.72. The third-order valence-electron chi connectivity index (χ3n) is 6.79. The molecule has 30 heavy (non-hydrogen) atoms. The molecule has 3 aromatic rings. The summed E-state index contributed by atoms with van der Waals surface area (Å²) in [7, 11) is 3.99. The van der Waals surface area contributed by atoms with Crippen LogP contribution in [0.4, 0.5) is 5.69 Å². The largest absolute Gasteiger partial charge is 0.495 e. The second kappa shape index (κ2) is 8.32. The van der Waals surface area contributed by atoms with Gasteiger partial charge in [-0.05, 0) is 30.8 Å². The molecule has 158 valence electrons. The first-order valence-corrected chi connectivity index (χ1v) is 11.1. The van der Waals surface area contributed by atoms with E-state index in [9.17, 15) is 0 Å². The number of piperazine rings is 1. The zero-order valence-corrected chi connectivity index (χ0v) is 18.2. The van der Waals surface area contributed by atoms with Crippen LogP contribution in [-0.2, 0) is 19.5 Å². The average Bonchev–Trinajstić information content (AvgIpc) is 3.11. The number of anilines is 1. The number of aromatic nitrogens is 1. The number of hydrogen-bond donors (Lipinski definition) is 0. The van der Waals surface area contributed by atoms with E-state index in [1.807, 2.05) is 6.07 Å². The predicted molar refractivity (Wildman–Crippen MR) is 124 cm³/mol. The second-order valence-electron chi connectivity index (χ2n) is 8.58. The highest BCUT2D eigenvalue weighted by atomic mass is 16.5. The van der Waals surface area contributed by atoms with Crippen LogP contribution in [0.1, 0.15) is 11.3 Å². The van der Waals surface area contributed by atoms with Crippen molar-refractivity contribution in [3.8, 4) is 5.75 Å². The van der Waals surface area contributed by atoms with E-state index in [0.717, 1.165) is 64.5 Å². The first-order chi connectivity index (χ1) is 14.7. The van der Waals surface area contributed by atoms with Crippen molar-refractivity contribution in [3.63, 3.8) is 0 Å². The summed E-state index contributed by atoms with van der Waals surface area (Å²) in [5.74, 6) is 0.973. The number of para-hydroxylation sites is 3. The third-order valence-corrected chi connectivity index (χ3v) is 6.79. The van der Waals surface area contributed by atoms with Crippen LogP contribution in [0, 0.1) is 0 Å². The summed E-state index contributed by atoms with van der Waals surface area (Å²) >= 11 is 0. The molecule has 1 fully saturated rings. The molecule has 0 unspecified atom stereocenters. The number of fused-ring (bicyclic) bond motifs is 3. The monoisotopic (exact) mass is 404 g/mol. The number of ether oxygens (including phenoxy) is 1. The van der Waals surface area contributed by atoms with Crippen LogP contribution in [0.15, 0.2) is 48.5 Å². The molecule has 1 aromatic heterocycles. The molecular formula is C25H32N4O. The van der Waals surface area contributed by atoms with E-state index < -0.39 is 0 Å². The lowest BCUT2D eigenvalue weighted by Gasteiger charge is -2.36. The lowest BCUT2D eigenvalue weighted by molar-refractivity contribution is 0.246. The molecule has 3 heterocycles. The highest BCUT2D eigenvalue weighted by Crippen LogP contribution is 2.31. The Labute approximate surface area is 179 Å². The van der Waals surface area contributed by atoms with Crippen molar-refractivity contribution in [2.45, 2.75) is 19.5 Å². The molecule has 2 aliphatic heterocycles. The molecule has 5 heteroatoms. The third kappa shape index (κ3) is 3.57. The Morgan fingerprint density at radius 3 is 2.47 bits per heavy atom. The average molecular weight is 405 g/mol. The van der Waals surface area contributed by atoms with Gasteiger partial charge in [-0.1, -0.05) is 30.3 Å². The smallest absolute Gasteiger partial charge is 0.142 e. The van der Waals surface area contributed by atoms with Crippen molar-refractivity contribution in [2.75, 3.05) is 58.3 Å². The van der Waals surface area contributed by atoms with Gasteiger partial charge < -0.3 is 19.1 Å². The quantitative estimate of drug-likeness (QED) is 0.650. The molecule has 0 spiro atoms. The first-order valence-electron chi connectivity index (χ1n) is 11.1. The van der Waals surface area contributed by atoms with Gasteiger partial charge in [0, 0.05) is 75.4 Å².